The van der Waals surface area contributed by atoms with Crippen LogP contribution in [0.3, 0.4) is 0 Å². The highest BCUT2D eigenvalue weighted by atomic mass is 32.2. The first-order valence-electron chi connectivity index (χ1n) is 8.23. The normalized spacial score (nSPS) is 23.7. The van der Waals surface area contributed by atoms with Crippen LogP contribution in [0.25, 0.3) is 0 Å². The highest BCUT2D eigenvalue weighted by molar-refractivity contribution is 8.04. The maximum atomic E-state index is 12.9. The van der Waals surface area contributed by atoms with Crippen molar-refractivity contribution in [2.75, 3.05) is 26.3 Å². The summed E-state index contributed by atoms with van der Waals surface area (Å²) < 4.78 is 44.2. The van der Waals surface area contributed by atoms with Gasteiger partial charge in [0.05, 0.1) is 36.6 Å². The van der Waals surface area contributed by atoms with E-state index in [4.69, 9.17) is 9.73 Å². The Kier molecular flexibility index (Phi) is 4.76. The van der Waals surface area contributed by atoms with Gasteiger partial charge in [-0.25, -0.2) is 9.98 Å². The lowest BCUT2D eigenvalue weighted by Gasteiger charge is -2.29. The second-order valence-corrected chi connectivity index (χ2v) is 7.23. The van der Waals surface area contributed by atoms with Crippen LogP contribution in [0.4, 0.5) is 13.2 Å². The van der Waals surface area contributed by atoms with Crippen molar-refractivity contribution in [1.82, 2.24) is 9.80 Å². The molecular formula is C17H17F3N4OS. The molecule has 0 N–H and O–H groups in total. The molecule has 138 valence electrons. The van der Waals surface area contributed by atoms with Gasteiger partial charge in [0, 0.05) is 19.3 Å². The molecule has 0 bridgehead atoms. The lowest BCUT2D eigenvalue weighted by Crippen LogP contribution is -2.40. The van der Waals surface area contributed by atoms with E-state index in [1.807, 2.05) is 0 Å². The van der Waals surface area contributed by atoms with Crippen molar-refractivity contribution < 1.29 is 17.9 Å². The number of thioether (sulfide) groups is 1. The van der Waals surface area contributed by atoms with E-state index >= 15 is 0 Å². The zero-order chi connectivity index (χ0) is 18.1. The van der Waals surface area contributed by atoms with Crippen LogP contribution in [0.2, 0.25) is 0 Å². The van der Waals surface area contributed by atoms with E-state index in [2.05, 4.69) is 9.89 Å². The van der Waals surface area contributed by atoms with Crippen LogP contribution in [0.1, 0.15) is 11.1 Å². The summed E-state index contributed by atoms with van der Waals surface area (Å²) in [7, 11) is 0. The molecular weight excluding hydrogens is 365 g/mol. The van der Waals surface area contributed by atoms with E-state index in [1.165, 1.54) is 12.1 Å². The van der Waals surface area contributed by atoms with Crippen LogP contribution >= 0.6 is 11.8 Å². The summed E-state index contributed by atoms with van der Waals surface area (Å²) in [6.45, 7) is 3.29. The van der Waals surface area contributed by atoms with Gasteiger partial charge < -0.3 is 9.64 Å². The highest BCUT2D eigenvalue weighted by Gasteiger charge is 2.34. The number of alkyl halides is 3. The first-order valence-corrected chi connectivity index (χ1v) is 9.11. The van der Waals surface area contributed by atoms with Crippen molar-refractivity contribution in [2.24, 2.45) is 9.98 Å². The molecule has 1 unspecified atom stereocenters. The molecule has 1 fully saturated rings. The molecule has 0 aromatic heterocycles. The Morgan fingerprint density at radius 1 is 1.23 bits per heavy atom. The number of morpholine rings is 1. The molecule has 0 saturated carbocycles. The minimum Gasteiger partial charge on any atom is -0.379 e. The van der Waals surface area contributed by atoms with Crippen LogP contribution < -0.4 is 0 Å². The Morgan fingerprint density at radius 3 is 2.81 bits per heavy atom. The Morgan fingerprint density at radius 2 is 2.04 bits per heavy atom. The summed E-state index contributed by atoms with van der Waals surface area (Å²) in [5.41, 5.74) is -0.116. The number of amidine groups is 1. The number of fused-ring (bicyclic) bond motifs is 1. The number of benzene rings is 1. The zero-order valence-corrected chi connectivity index (χ0v) is 14.6. The summed E-state index contributed by atoms with van der Waals surface area (Å²) in [6, 6.07) is 5.37. The molecule has 1 aromatic rings. The van der Waals surface area contributed by atoms with Gasteiger partial charge in [-0.15, -0.1) is 0 Å². The summed E-state index contributed by atoms with van der Waals surface area (Å²) in [4.78, 5) is 14.0. The first-order chi connectivity index (χ1) is 12.5. The molecule has 1 saturated heterocycles. The molecule has 1 atom stereocenters. The van der Waals surface area contributed by atoms with Gasteiger partial charge in [0.15, 0.2) is 5.50 Å². The van der Waals surface area contributed by atoms with Crippen molar-refractivity contribution in [3.05, 3.63) is 46.5 Å². The van der Waals surface area contributed by atoms with Gasteiger partial charge in [-0.05, 0) is 17.7 Å². The topological polar surface area (TPSA) is 40.4 Å². The second kappa shape index (κ2) is 7.05. The Labute approximate surface area is 153 Å². The molecule has 0 radical (unpaired) electrons. The monoisotopic (exact) mass is 382 g/mol. The molecule has 3 aliphatic rings. The van der Waals surface area contributed by atoms with E-state index in [0.717, 1.165) is 29.9 Å². The quantitative estimate of drug-likeness (QED) is 0.805. The van der Waals surface area contributed by atoms with Crippen LogP contribution in [0.15, 0.2) is 45.4 Å². The molecule has 1 aromatic carbocycles. The van der Waals surface area contributed by atoms with Crippen molar-refractivity contribution in [3.63, 3.8) is 0 Å². The van der Waals surface area contributed by atoms with E-state index in [9.17, 15) is 13.2 Å². The van der Waals surface area contributed by atoms with Crippen molar-refractivity contribution in [3.8, 4) is 0 Å². The number of ether oxygens (including phenoxy) is 1. The first kappa shape index (κ1) is 17.6. The highest BCUT2D eigenvalue weighted by Crippen LogP contribution is 2.37. The van der Waals surface area contributed by atoms with Gasteiger partial charge in [-0.1, -0.05) is 23.9 Å². The zero-order valence-electron chi connectivity index (χ0n) is 13.8. The standard InChI is InChI=1S/C17H17F3N4OS/c18-17(19,20)13-3-1-2-12(8-13)10-24-11-21-9-14-15(24)22-16(26-14)23-4-6-25-7-5-23/h1-3,8-9,11,16H,4-7,10H2. The van der Waals surface area contributed by atoms with Crippen LogP contribution in [-0.4, -0.2) is 53.8 Å². The smallest absolute Gasteiger partial charge is 0.379 e. The number of hydrogen-bond donors (Lipinski definition) is 0. The average Bonchev–Trinajstić information content (AvgIpc) is 3.07. The number of nitrogens with zero attached hydrogens (tertiary/aromatic N) is 4. The molecule has 0 aliphatic carbocycles. The van der Waals surface area contributed by atoms with Crippen molar-refractivity contribution in [1.29, 1.82) is 0 Å². The van der Waals surface area contributed by atoms with Gasteiger partial charge in [-0.2, -0.15) is 13.2 Å². The average molecular weight is 382 g/mol. The maximum Gasteiger partial charge on any atom is 0.416 e. The minimum atomic E-state index is -4.35. The van der Waals surface area contributed by atoms with E-state index in [0.29, 0.717) is 25.3 Å². The van der Waals surface area contributed by atoms with E-state index < -0.39 is 11.7 Å². The third-order valence-corrected chi connectivity index (χ3v) is 5.48. The van der Waals surface area contributed by atoms with Gasteiger partial charge in [0.25, 0.3) is 0 Å². The van der Waals surface area contributed by atoms with E-state index in [1.54, 1.807) is 35.3 Å². The molecule has 5 nitrogen and oxygen atoms in total. The fourth-order valence-corrected chi connectivity index (χ4v) is 4.15. The number of aliphatic imine (C=N–C) groups is 2. The van der Waals surface area contributed by atoms with Gasteiger partial charge >= 0.3 is 6.18 Å². The molecule has 4 rings (SSSR count). The SMILES string of the molecule is FC(F)(F)c1cccc(CN2C=NC=C3SC(N4CCOCC4)N=C32)c1. The van der Waals surface area contributed by atoms with Gasteiger partial charge in [-0.3, -0.25) is 4.90 Å². The Balaban J connectivity index is 1.52. The molecule has 0 amide bonds. The summed E-state index contributed by atoms with van der Waals surface area (Å²) in [5, 5.41) is 0. The third-order valence-electron chi connectivity index (χ3n) is 4.32. The van der Waals surface area contributed by atoms with Crippen LogP contribution in [0, 0.1) is 0 Å². The lowest BCUT2D eigenvalue weighted by atomic mass is 10.1. The predicted octanol–water partition coefficient (Wildman–Crippen LogP) is 3.15. The molecule has 3 aliphatic heterocycles. The van der Waals surface area contributed by atoms with Gasteiger partial charge in [0.1, 0.15) is 5.84 Å². The van der Waals surface area contributed by atoms with Crippen molar-refractivity contribution in [2.45, 2.75) is 18.2 Å². The lowest BCUT2D eigenvalue weighted by molar-refractivity contribution is -0.137. The Hall–Kier alpha value is -1.84. The summed E-state index contributed by atoms with van der Waals surface area (Å²) in [5.74, 6) is 0.763. The molecule has 26 heavy (non-hydrogen) atoms. The fraction of sp³-hybridized carbons (Fsp3) is 0.412. The number of rotatable bonds is 3. The largest absolute Gasteiger partial charge is 0.416 e. The molecule has 9 heteroatoms. The van der Waals surface area contributed by atoms with E-state index in [-0.39, 0.29) is 5.50 Å². The van der Waals surface area contributed by atoms with Gasteiger partial charge in [0.2, 0.25) is 0 Å². The Bertz CT molecular complexity index is 772. The number of hydrogen-bond acceptors (Lipinski definition) is 6. The maximum absolute atomic E-state index is 12.9. The van der Waals surface area contributed by atoms with Crippen LogP contribution in [0.5, 0.6) is 0 Å². The second-order valence-electron chi connectivity index (χ2n) is 6.13. The summed E-state index contributed by atoms with van der Waals surface area (Å²) in [6.07, 6.45) is -0.976. The third kappa shape index (κ3) is 3.65. The fourth-order valence-electron chi connectivity index (χ4n) is 3.01. The van der Waals surface area contributed by atoms with Crippen molar-refractivity contribution >= 4 is 23.9 Å². The predicted molar refractivity (Wildman–Crippen MR) is 94.8 cm³/mol. The van der Waals surface area contributed by atoms with Crippen LogP contribution in [-0.2, 0) is 17.5 Å². The molecule has 0 spiro atoms. The minimum absolute atomic E-state index is 0.0362. The number of halogens is 3. The molecule has 3 heterocycles. The summed E-state index contributed by atoms with van der Waals surface area (Å²) >= 11 is 1.62.